The highest BCUT2D eigenvalue weighted by atomic mass is 35.5. The number of nitrogens with one attached hydrogen (secondary N) is 2. The lowest BCUT2D eigenvalue weighted by molar-refractivity contribution is 0.605. The average Bonchev–Trinajstić information content (AvgIpc) is 3.19. The van der Waals surface area contributed by atoms with E-state index < -0.39 is 0 Å². The fourth-order valence-corrected chi connectivity index (χ4v) is 3.75. The molecule has 0 fully saturated rings. The van der Waals surface area contributed by atoms with E-state index in [1.165, 1.54) is 22.2 Å². The largest absolute Gasteiger partial charge is 0.364 e. The molecule has 7 heteroatoms. The van der Waals surface area contributed by atoms with Crippen molar-refractivity contribution in [2.45, 2.75) is 25.3 Å². The Labute approximate surface area is 142 Å². The second-order valence-electron chi connectivity index (χ2n) is 6.14. The molecule has 0 saturated heterocycles. The third-order valence-corrected chi connectivity index (χ3v) is 4.82. The fourth-order valence-electron chi connectivity index (χ4n) is 3.58. The van der Waals surface area contributed by atoms with Gasteiger partial charge < -0.3 is 10.3 Å². The number of aromatic amines is 1. The van der Waals surface area contributed by atoms with Gasteiger partial charge in [-0.25, -0.2) is 9.50 Å². The molecule has 0 radical (unpaired) electrons. The van der Waals surface area contributed by atoms with Crippen LogP contribution < -0.4 is 5.32 Å². The number of H-pyrrole nitrogens is 1. The Bertz CT molecular complexity index is 1050. The minimum Gasteiger partial charge on any atom is -0.364 e. The summed E-state index contributed by atoms with van der Waals surface area (Å²) >= 11 is 6.02. The van der Waals surface area contributed by atoms with Crippen LogP contribution in [0.3, 0.4) is 0 Å². The SMILES string of the molecule is Clc1nc(NC2CCc3[nH]c4ccccc4c3C2)c2nccn2n1. The molecule has 1 aromatic carbocycles. The standard InChI is InChI=1S/C17H15ClN6/c18-17-22-15(16-19-7-8-24(16)23-17)20-10-5-6-14-12(9-10)11-3-1-2-4-13(11)21-14/h1-4,7-8,10,21H,5-6,9H2,(H,20,22,23). The summed E-state index contributed by atoms with van der Waals surface area (Å²) < 4.78 is 1.65. The minimum absolute atomic E-state index is 0.214. The summed E-state index contributed by atoms with van der Waals surface area (Å²) in [7, 11) is 0. The quantitative estimate of drug-likeness (QED) is 0.588. The molecule has 1 aliphatic carbocycles. The topological polar surface area (TPSA) is 70.9 Å². The second-order valence-corrected chi connectivity index (χ2v) is 6.47. The van der Waals surface area contributed by atoms with Crippen LogP contribution in [0.15, 0.2) is 36.7 Å². The van der Waals surface area contributed by atoms with E-state index in [0.717, 1.165) is 19.3 Å². The molecule has 0 saturated carbocycles. The Morgan fingerprint density at radius 1 is 1.29 bits per heavy atom. The summed E-state index contributed by atoms with van der Waals surface area (Å²) in [5.41, 5.74) is 4.66. The average molecular weight is 339 g/mol. The van der Waals surface area contributed by atoms with Gasteiger partial charge >= 0.3 is 0 Å². The summed E-state index contributed by atoms with van der Waals surface area (Å²) in [5, 5.41) is 9.16. The van der Waals surface area contributed by atoms with Crippen molar-refractivity contribution in [1.82, 2.24) is 24.6 Å². The number of hydrogen-bond donors (Lipinski definition) is 2. The van der Waals surface area contributed by atoms with Crippen molar-refractivity contribution < 1.29 is 0 Å². The third-order valence-electron chi connectivity index (χ3n) is 4.66. The Morgan fingerprint density at radius 3 is 3.17 bits per heavy atom. The van der Waals surface area contributed by atoms with Crippen LogP contribution in [0.2, 0.25) is 5.28 Å². The molecular formula is C17H15ClN6. The molecule has 24 heavy (non-hydrogen) atoms. The predicted octanol–water partition coefficient (Wildman–Crippen LogP) is 3.23. The van der Waals surface area contributed by atoms with Crippen LogP contribution in [0.5, 0.6) is 0 Å². The van der Waals surface area contributed by atoms with E-state index in [-0.39, 0.29) is 5.28 Å². The number of aryl methyl sites for hydroxylation is 1. The molecule has 4 aromatic rings. The number of halogens is 1. The lowest BCUT2D eigenvalue weighted by atomic mass is 9.91. The smallest absolute Gasteiger partial charge is 0.243 e. The van der Waals surface area contributed by atoms with Crippen molar-refractivity contribution >= 4 is 34.0 Å². The maximum absolute atomic E-state index is 6.02. The molecule has 120 valence electrons. The van der Waals surface area contributed by atoms with E-state index >= 15 is 0 Å². The highest BCUT2D eigenvalue weighted by molar-refractivity contribution is 6.28. The van der Waals surface area contributed by atoms with Crippen LogP contribution in [0, 0.1) is 0 Å². The first-order valence-corrected chi connectivity index (χ1v) is 8.37. The van der Waals surface area contributed by atoms with Gasteiger partial charge in [0.1, 0.15) is 0 Å². The highest BCUT2D eigenvalue weighted by Gasteiger charge is 2.23. The van der Waals surface area contributed by atoms with Gasteiger partial charge in [0.15, 0.2) is 11.5 Å². The first-order valence-electron chi connectivity index (χ1n) is 8.00. The molecule has 0 amide bonds. The van der Waals surface area contributed by atoms with Gasteiger partial charge in [-0.3, -0.25) is 0 Å². The zero-order valence-electron chi connectivity index (χ0n) is 12.8. The van der Waals surface area contributed by atoms with E-state index in [2.05, 4.69) is 49.6 Å². The van der Waals surface area contributed by atoms with Gasteiger partial charge in [0.25, 0.3) is 0 Å². The Hall–Kier alpha value is -2.60. The lowest BCUT2D eigenvalue weighted by Gasteiger charge is -2.24. The van der Waals surface area contributed by atoms with Crippen LogP contribution in [0.1, 0.15) is 17.7 Å². The second kappa shape index (κ2) is 5.21. The van der Waals surface area contributed by atoms with Gasteiger partial charge in [-0.1, -0.05) is 18.2 Å². The maximum atomic E-state index is 6.02. The van der Waals surface area contributed by atoms with Crippen molar-refractivity contribution in [1.29, 1.82) is 0 Å². The van der Waals surface area contributed by atoms with Gasteiger partial charge in [0.05, 0.1) is 0 Å². The maximum Gasteiger partial charge on any atom is 0.243 e. The molecular weight excluding hydrogens is 324 g/mol. The molecule has 0 bridgehead atoms. The van der Waals surface area contributed by atoms with E-state index in [9.17, 15) is 0 Å². The number of anilines is 1. The predicted molar refractivity (Wildman–Crippen MR) is 93.5 cm³/mol. The van der Waals surface area contributed by atoms with Gasteiger partial charge in [0, 0.05) is 35.0 Å². The van der Waals surface area contributed by atoms with Crippen LogP contribution in [0.4, 0.5) is 5.82 Å². The first-order chi connectivity index (χ1) is 11.8. The van der Waals surface area contributed by atoms with Gasteiger partial charge in [-0.2, -0.15) is 4.98 Å². The van der Waals surface area contributed by atoms with E-state index in [1.54, 1.807) is 16.9 Å². The molecule has 1 atom stereocenters. The zero-order chi connectivity index (χ0) is 16.1. The summed E-state index contributed by atoms with van der Waals surface area (Å²) in [4.78, 5) is 12.2. The molecule has 3 aromatic heterocycles. The van der Waals surface area contributed by atoms with Crippen molar-refractivity contribution in [3.8, 4) is 0 Å². The number of nitrogens with zero attached hydrogens (tertiary/aromatic N) is 4. The normalized spacial score (nSPS) is 17.3. The molecule has 0 spiro atoms. The van der Waals surface area contributed by atoms with Crippen molar-refractivity contribution in [2.24, 2.45) is 0 Å². The monoisotopic (exact) mass is 338 g/mol. The van der Waals surface area contributed by atoms with Crippen LogP contribution >= 0.6 is 11.6 Å². The minimum atomic E-state index is 0.214. The highest BCUT2D eigenvalue weighted by Crippen LogP contribution is 2.30. The third kappa shape index (κ3) is 2.14. The molecule has 6 nitrogen and oxygen atoms in total. The van der Waals surface area contributed by atoms with Gasteiger partial charge in [0.2, 0.25) is 5.28 Å². The van der Waals surface area contributed by atoms with Crippen LogP contribution in [-0.2, 0) is 12.8 Å². The summed E-state index contributed by atoms with van der Waals surface area (Å²) in [6.45, 7) is 0. The molecule has 0 aliphatic heterocycles. The zero-order valence-corrected chi connectivity index (χ0v) is 13.6. The van der Waals surface area contributed by atoms with E-state index in [4.69, 9.17) is 11.6 Å². The number of para-hydroxylation sites is 1. The van der Waals surface area contributed by atoms with Gasteiger partial charge in [-0.05, 0) is 42.5 Å². The fraction of sp³-hybridized carbons (Fsp3) is 0.235. The van der Waals surface area contributed by atoms with Crippen LogP contribution in [-0.4, -0.2) is 30.6 Å². The number of aromatic nitrogens is 5. The molecule has 2 N–H and O–H groups in total. The number of imidazole rings is 1. The Balaban J connectivity index is 1.49. The van der Waals surface area contributed by atoms with E-state index in [1.807, 2.05) is 0 Å². The van der Waals surface area contributed by atoms with Gasteiger partial charge in [-0.15, -0.1) is 5.10 Å². The first kappa shape index (κ1) is 13.8. The number of rotatable bonds is 2. The lowest BCUT2D eigenvalue weighted by Crippen LogP contribution is -2.28. The Morgan fingerprint density at radius 2 is 2.21 bits per heavy atom. The number of benzene rings is 1. The summed E-state index contributed by atoms with van der Waals surface area (Å²) in [6.07, 6.45) is 6.48. The molecule has 5 rings (SSSR count). The van der Waals surface area contributed by atoms with Crippen LogP contribution in [0.25, 0.3) is 16.6 Å². The van der Waals surface area contributed by atoms with Crippen molar-refractivity contribution in [3.63, 3.8) is 0 Å². The molecule has 1 unspecified atom stereocenters. The molecule has 1 aliphatic rings. The van der Waals surface area contributed by atoms with E-state index in [0.29, 0.717) is 17.5 Å². The summed E-state index contributed by atoms with van der Waals surface area (Å²) in [6, 6.07) is 8.77. The number of fused-ring (bicyclic) bond motifs is 4. The Kier molecular flexibility index (Phi) is 2.99. The summed E-state index contributed by atoms with van der Waals surface area (Å²) in [5.74, 6) is 0.688. The van der Waals surface area contributed by atoms with Crippen molar-refractivity contribution in [3.05, 3.63) is 53.2 Å². The molecule has 3 heterocycles. The number of hydrogen-bond acceptors (Lipinski definition) is 4. The van der Waals surface area contributed by atoms with Crippen molar-refractivity contribution in [2.75, 3.05) is 5.32 Å².